The number of carbonyl (C=O) groups is 1. The van der Waals surface area contributed by atoms with Gasteiger partial charge in [0.05, 0.1) is 6.61 Å². The molecule has 0 bridgehead atoms. The van der Waals surface area contributed by atoms with Crippen LogP contribution >= 0.6 is 0 Å². The molecular formula is C12H12N2O5. The third kappa shape index (κ3) is 2.59. The Balaban J connectivity index is 2.31. The average molecular weight is 264 g/mol. The minimum atomic E-state index is -0.792. The van der Waals surface area contributed by atoms with Gasteiger partial charge in [-0.3, -0.25) is 10.3 Å². The van der Waals surface area contributed by atoms with E-state index in [0.717, 1.165) is 0 Å². The lowest BCUT2D eigenvalue weighted by Gasteiger charge is -2.01. The van der Waals surface area contributed by atoms with Gasteiger partial charge in [-0.2, -0.15) is 0 Å². The number of aromatic hydroxyl groups is 2. The zero-order valence-electron chi connectivity index (χ0n) is 10.1. The summed E-state index contributed by atoms with van der Waals surface area (Å²) in [7, 11) is 0. The molecule has 0 saturated carbocycles. The molecule has 100 valence electrons. The van der Waals surface area contributed by atoms with Gasteiger partial charge in [0, 0.05) is 6.20 Å². The van der Waals surface area contributed by atoms with E-state index in [2.05, 4.69) is 15.0 Å². The number of nitrogens with zero attached hydrogens (tertiary/aromatic N) is 1. The van der Waals surface area contributed by atoms with Gasteiger partial charge in [-0.05, 0) is 19.1 Å². The molecular weight excluding hydrogens is 252 g/mol. The van der Waals surface area contributed by atoms with E-state index in [-0.39, 0.29) is 18.3 Å². The predicted molar refractivity (Wildman–Crippen MR) is 65.9 cm³/mol. The standard InChI is InChI=1S/C12H12N2O5/c1-2-18-12(17)14-11-9(16)8(15)10(19-11)7-5-3-4-6-13-7/h3-6,15-16H,2H2,1H3,(H,14,17). The van der Waals surface area contributed by atoms with Crippen LogP contribution < -0.4 is 5.32 Å². The van der Waals surface area contributed by atoms with Crippen LogP contribution in [-0.2, 0) is 4.74 Å². The fourth-order valence-corrected chi connectivity index (χ4v) is 1.43. The number of nitrogens with one attached hydrogen (secondary N) is 1. The number of furan rings is 1. The van der Waals surface area contributed by atoms with E-state index in [1.807, 2.05) is 0 Å². The van der Waals surface area contributed by atoms with Crippen LogP contribution in [0.5, 0.6) is 11.5 Å². The largest absolute Gasteiger partial charge is 0.501 e. The van der Waals surface area contributed by atoms with Crippen molar-refractivity contribution in [2.45, 2.75) is 6.92 Å². The monoisotopic (exact) mass is 264 g/mol. The third-order valence-electron chi connectivity index (χ3n) is 2.25. The number of aromatic nitrogens is 1. The summed E-state index contributed by atoms with van der Waals surface area (Å²) in [6.07, 6.45) is 0.714. The number of rotatable bonds is 3. The summed E-state index contributed by atoms with van der Waals surface area (Å²) in [5.74, 6) is -1.40. The van der Waals surface area contributed by atoms with Crippen LogP contribution in [-0.4, -0.2) is 27.9 Å². The molecule has 7 heteroatoms. The highest BCUT2D eigenvalue weighted by Gasteiger charge is 2.23. The number of hydrogen-bond acceptors (Lipinski definition) is 6. The van der Waals surface area contributed by atoms with Crippen LogP contribution in [0.15, 0.2) is 28.8 Å². The summed E-state index contributed by atoms with van der Waals surface area (Å²) >= 11 is 0. The molecule has 0 spiro atoms. The molecule has 0 radical (unpaired) electrons. The van der Waals surface area contributed by atoms with E-state index in [4.69, 9.17) is 4.42 Å². The van der Waals surface area contributed by atoms with Gasteiger partial charge >= 0.3 is 6.09 Å². The van der Waals surface area contributed by atoms with Crippen molar-refractivity contribution in [2.24, 2.45) is 0 Å². The van der Waals surface area contributed by atoms with Crippen molar-refractivity contribution in [3.05, 3.63) is 24.4 Å². The lowest BCUT2D eigenvalue weighted by atomic mass is 10.3. The maximum absolute atomic E-state index is 11.2. The highest BCUT2D eigenvalue weighted by Crippen LogP contribution is 2.44. The predicted octanol–water partition coefficient (Wildman–Crippen LogP) is 2.32. The Kier molecular flexibility index (Phi) is 3.56. The van der Waals surface area contributed by atoms with E-state index in [1.54, 1.807) is 25.1 Å². The lowest BCUT2D eigenvalue weighted by molar-refractivity contribution is 0.167. The number of ether oxygens (including phenoxy) is 1. The van der Waals surface area contributed by atoms with Crippen molar-refractivity contribution in [3.63, 3.8) is 0 Å². The molecule has 19 heavy (non-hydrogen) atoms. The number of hydrogen-bond donors (Lipinski definition) is 3. The van der Waals surface area contributed by atoms with Gasteiger partial charge in [0.25, 0.3) is 0 Å². The molecule has 2 rings (SSSR count). The SMILES string of the molecule is CCOC(=O)Nc1oc(-c2ccccn2)c(O)c1O. The second-order valence-electron chi connectivity index (χ2n) is 3.52. The van der Waals surface area contributed by atoms with Crippen LogP contribution in [0.25, 0.3) is 11.5 Å². The van der Waals surface area contributed by atoms with Gasteiger partial charge in [-0.15, -0.1) is 0 Å². The van der Waals surface area contributed by atoms with E-state index >= 15 is 0 Å². The molecule has 2 aromatic rings. The molecule has 0 saturated heterocycles. The van der Waals surface area contributed by atoms with E-state index in [0.29, 0.717) is 5.69 Å². The average Bonchev–Trinajstić information content (AvgIpc) is 2.68. The Bertz CT molecular complexity index is 579. The summed E-state index contributed by atoms with van der Waals surface area (Å²) in [6.45, 7) is 1.81. The number of anilines is 1. The van der Waals surface area contributed by atoms with Crippen molar-refractivity contribution < 1.29 is 24.2 Å². The molecule has 0 fully saturated rings. The molecule has 0 aromatic carbocycles. The Morgan fingerprint density at radius 2 is 2.21 bits per heavy atom. The van der Waals surface area contributed by atoms with Crippen molar-refractivity contribution in [1.82, 2.24) is 4.98 Å². The second kappa shape index (κ2) is 5.30. The van der Waals surface area contributed by atoms with E-state index in [1.165, 1.54) is 6.20 Å². The highest BCUT2D eigenvalue weighted by molar-refractivity contribution is 5.87. The fraction of sp³-hybridized carbons (Fsp3) is 0.167. The summed E-state index contributed by atoms with van der Waals surface area (Å²) < 4.78 is 9.81. The van der Waals surface area contributed by atoms with E-state index < -0.39 is 17.6 Å². The normalized spacial score (nSPS) is 10.2. The minimum Gasteiger partial charge on any atom is -0.501 e. The quantitative estimate of drug-likeness (QED) is 0.785. The van der Waals surface area contributed by atoms with Crippen molar-refractivity contribution in [3.8, 4) is 23.0 Å². The number of amides is 1. The second-order valence-corrected chi connectivity index (χ2v) is 3.52. The van der Waals surface area contributed by atoms with Crippen molar-refractivity contribution in [2.75, 3.05) is 11.9 Å². The Morgan fingerprint density at radius 1 is 1.42 bits per heavy atom. The van der Waals surface area contributed by atoms with Crippen molar-refractivity contribution >= 4 is 12.0 Å². The molecule has 2 heterocycles. The highest BCUT2D eigenvalue weighted by atomic mass is 16.6. The first kappa shape index (κ1) is 12.7. The topological polar surface area (TPSA) is 105 Å². The molecule has 0 aliphatic heterocycles. The summed E-state index contributed by atoms with van der Waals surface area (Å²) in [4.78, 5) is 15.2. The third-order valence-corrected chi connectivity index (χ3v) is 2.25. The van der Waals surface area contributed by atoms with Crippen LogP contribution in [0.1, 0.15) is 6.92 Å². The Morgan fingerprint density at radius 3 is 2.84 bits per heavy atom. The minimum absolute atomic E-state index is 0.0371. The maximum Gasteiger partial charge on any atom is 0.414 e. The lowest BCUT2D eigenvalue weighted by Crippen LogP contribution is -2.12. The van der Waals surface area contributed by atoms with Gasteiger partial charge in [0.2, 0.25) is 23.1 Å². The van der Waals surface area contributed by atoms with Gasteiger partial charge in [-0.1, -0.05) is 6.07 Å². The first-order valence-corrected chi connectivity index (χ1v) is 5.53. The van der Waals surface area contributed by atoms with E-state index in [9.17, 15) is 15.0 Å². The molecule has 0 unspecified atom stereocenters. The molecule has 3 N–H and O–H groups in total. The Labute approximate surface area is 108 Å². The van der Waals surface area contributed by atoms with Gasteiger partial charge < -0.3 is 19.4 Å². The van der Waals surface area contributed by atoms with Gasteiger partial charge in [0.15, 0.2) is 0 Å². The Hall–Kier alpha value is -2.70. The molecule has 7 nitrogen and oxygen atoms in total. The van der Waals surface area contributed by atoms with Crippen LogP contribution in [0.4, 0.5) is 10.7 Å². The first-order valence-electron chi connectivity index (χ1n) is 5.53. The molecule has 0 aliphatic carbocycles. The van der Waals surface area contributed by atoms with Crippen LogP contribution in [0.3, 0.4) is 0 Å². The molecule has 0 aliphatic rings. The van der Waals surface area contributed by atoms with Crippen LogP contribution in [0.2, 0.25) is 0 Å². The number of pyridine rings is 1. The molecule has 1 amide bonds. The summed E-state index contributed by atoms with van der Waals surface area (Å²) in [6, 6.07) is 4.98. The summed E-state index contributed by atoms with van der Waals surface area (Å²) in [5.41, 5.74) is 0.326. The van der Waals surface area contributed by atoms with Gasteiger partial charge in [-0.25, -0.2) is 4.79 Å². The molecule has 2 aromatic heterocycles. The van der Waals surface area contributed by atoms with Gasteiger partial charge in [0.1, 0.15) is 5.69 Å². The maximum atomic E-state index is 11.2. The number of carbonyl (C=O) groups excluding carboxylic acids is 1. The zero-order valence-corrected chi connectivity index (χ0v) is 10.1. The zero-order chi connectivity index (χ0) is 13.8. The van der Waals surface area contributed by atoms with Crippen molar-refractivity contribution in [1.29, 1.82) is 0 Å². The smallest absolute Gasteiger partial charge is 0.414 e. The summed E-state index contributed by atoms with van der Waals surface area (Å²) in [5, 5.41) is 21.6. The fourth-order valence-electron chi connectivity index (χ4n) is 1.43. The first-order chi connectivity index (χ1) is 9.13. The molecule has 0 atom stereocenters. The van der Waals surface area contributed by atoms with Crippen LogP contribution in [0, 0.1) is 0 Å².